The summed E-state index contributed by atoms with van der Waals surface area (Å²) in [6.45, 7) is 8.03. The van der Waals surface area contributed by atoms with Crippen LogP contribution in [-0.2, 0) is 11.3 Å². The standard InChI is InChI=1S/C17H26BrN3O2/c1-17(2,3)23-16(22)21-9-5-6-14(12-21)20(4)11-13-7-8-15(18)19-10-13/h7-8,10,14H,5-6,9,11-12H2,1-4H3/t14-/m1/s1. The Hall–Kier alpha value is -1.14. The Morgan fingerprint density at radius 1 is 1.48 bits per heavy atom. The lowest BCUT2D eigenvalue weighted by Crippen LogP contribution is -2.49. The molecule has 1 aromatic rings. The van der Waals surface area contributed by atoms with E-state index in [-0.39, 0.29) is 6.09 Å². The van der Waals surface area contributed by atoms with Crippen LogP contribution in [0, 0.1) is 0 Å². The second-order valence-electron chi connectivity index (χ2n) is 7.13. The van der Waals surface area contributed by atoms with E-state index in [1.807, 2.05) is 37.9 Å². The van der Waals surface area contributed by atoms with E-state index in [9.17, 15) is 4.79 Å². The molecule has 0 saturated carbocycles. The molecule has 6 heteroatoms. The van der Waals surface area contributed by atoms with Crippen molar-refractivity contribution in [1.82, 2.24) is 14.8 Å². The summed E-state index contributed by atoms with van der Waals surface area (Å²) in [5.74, 6) is 0. The highest BCUT2D eigenvalue weighted by Gasteiger charge is 2.29. The number of piperidine rings is 1. The molecule has 1 aliphatic rings. The zero-order valence-corrected chi connectivity index (χ0v) is 16.0. The lowest BCUT2D eigenvalue weighted by atomic mass is 10.0. The number of nitrogens with zero attached hydrogens (tertiary/aromatic N) is 3. The van der Waals surface area contributed by atoms with Gasteiger partial charge in [-0.05, 0) is 68.2 Å². The molecule has 1 atom stereocenters. The summed E-state index contributed by atoms with van der Waals surface area (Å²) < 4.78 is 6.34. The molecule has 0 bridgehead atoms. The van der Waals surface area contributed by atoms with Gasteiger partial charge >= 0.3 is 6.09 Å². The smallest absolute Gasteiger partial charge is 0.410 e. The molecule has 1 amide bonds. The zero-order chi connectivity index (χ0) is 17.0. The molecular formula is C17H26BrN3O2. The Balaban J connectivity index is 1.92. The maximum Gasteiger partial charge on any atom is 0.410 e. The maximum absolute atomic E-state index is 12.2. The van der Waals surface area contributed by atoms with Gasteiger partial charge in [0.2, 0.25) is 0 Å². The van der Waals surface area contributed by atoms with Crippen molar-refractivity contribution in [2.75, 3.05) is 20.1 Å². The molecule has 0 aromatic carbocycles. The van der Waals surface area contributed by atoms with Crippen molar-refractivity contribution >= 4 is 22.0 Å². The van der Waals surface area contributed by atoms with Crippen LogP contribution in [-0.4, -0.2) is 52.7 Å². The summed E-state index contributed by atoms with van der Waals surface area (Å²) >= 11 is 3.35. The Labute approximate surface area is 147 Å². The van der Waals surface area contributed by atoms with Gasteiger partial charge in [-0.2, -0.15) is 0 Å². The van der Waals surface area contributed by atoms with E-state index in [4.69, 9.17) is 4.74 Å². The lowest BCUT2D eigenvalue weighted by Gasteiger charge is -2.38. The number of likely N-dealkylation sites (N-methyl/N-ethyl adjacent to an activating group) is 1. The minimum Gasteiger partial charge on any atom is -0.444 e. The number of halogens is 1. The number of ether oxygens (including phenoxy) is 1. The third-order valence-corrected chi connectivity index (χ3v) is 4.36. The Morgan fingerprint density at radius 2 is 2.22 bits per heavy atom. The second-order valence-corrected chi connectivity index (χ2v) is 7.94. The Bertz CT molecular complexity index is 528. The number of amides is 1. The number of aromatic nitrogens is 1. The van der Waals surface area contributed by atoms with Crippen LogP contribution in [0.15, 0.2) is 22.9 Å². The number of pyridine rings is 1. The second kappa shape index (κ2) is 7.62. The topological polar surface area (TPSA) is 45.7 Å². The van der Waals surface area contributed by atoms with Crippen molar-refractivity contribution < 1.29 is 9.53 Å². The lowest BCUT2D eigenvalue weighted by molar-refractivity contribution is 0.0121. The largest absolute Gasteiger partial charge is 0.444 e. The van der Waals surface area contributed by atoms with E-state index < -0.39 is 5.60 Å². The van der Waals surface area contributed by atoms with E-state index in [2.05, 4.69) is 38.9 Å². The molecule has 2 rings (SSSR count). The van der Waals surface area contributed by atoms with Crippen molar-refractivity contribution in [2.24, 2.45) is 0 Å². The summed E-state index contributed by atoms with van der Waals surface area (Å²) in [7, 11) is 2.10. The SMILES string of the molecule is CN(Cc1ccc(Br)nc1)[C@@H]1CCCN(C(=O)OC(C)(C)C)C1. The summed E-state index contributed by atoms with van der Waals surface area (Å²) in [5.41, 5.74) is 0.726. The summed E-state index contributed by atoms with van der Waals surface area (Å²) in [5, 5.41) is 0. The van der Waals surface area contributed by atoms with Gasteiger partial charge in [0.25, 0.3) is 0 Å². The van der Waals surface area contributed by atoms with E-state index in [0.717, 1.165) is 37.1 Å². The average molecular weight is 384 g/mol. The molecule has 0 unspecified atom stereocenters. The number of carbonyl (C=O) groups excluding carboxylic acids is 1. The maximum atomic E-state index is 12.2. The van der Waals surface area contributed by atoms with Crippen molar-refractivity contribution in [3.05, 3.63) is 28.5 Å². The highest BCUT2D eigenvalue weighted by Crippen LogP contribution is 2.19. The van der Waals surface area contributed by atoms with Gasteiger partial charge in [-0.1, -0.05) is 6.07 Å². The summed E-state index contributed by atoms with van der Waals surface area (Å²) in [6.07, 6.45) is 3.78. The van der Waals surface area contributed by atoms with Crippen LogP contribution in [0.5, 0.6) is 0 Å². The molecule has 128 valence electrons. The van der Waals surface area contributed by atoms with E-state index in [0.29, 0.717) is 6.04 Å². The molecule has 1 fully saturated rings. The van der Waals surface area contributed by atoms with Crippen molar-refractivity contribution in [3.63, 3.8) is 0 Å². The fourth-order valence-electron chi connectivity index (χ4n) is 2.72. The molecule has 0 N–H and O–H groups in total. The van der Waals surface area contributed by atoms with Gasteiger partial charge < -0.3 is 9.64 Å². The van der Waals surface area contributed by atoms with Gasteiger partial charge in [0.1, 0.15) is 10.2 Å². The molecule has 23 heavy (non-hydrogen) atoms. The Kier molecular flexibility index (Phi) is 6.03. The number of hydrogen-bond donors (Lipinski definition) is 0. The third kappa shape index (κ3) is 5.77. The highest BCUT2D eigenvalue weighted by molar-refractivity contribution is 9.10. The predicted octanol–water partition coefficient (Wildman–Crippen LogP) is 3.68. The van der Waals surface area contributed by atoms with Crippen molar-refractivity contribution in [1.29, 1.82) is 0 Å². The minimum absolute atomic E-state index is 0.207. The Morgan fingerprint density at radius 3 is 2.83 bits per heavy atom. The van der Waals surface area contributed by atoms with Crippen molar-refractivity contribution in [3.8, 4) is 0 Å². The van der Waals surface area contributed by atoms with Gasteiger partial charge in [0.05, 0.1) is 0 Å². The van der Waals surface area contributed by atoms with E-state index >= 15 is 0 Å². The normalized spacial score (nSPS) is 19.0. The molecule has 0 radical (unpaired) electrons. The molecule has 1 saturated heterocycles. The molecular weight excluding hydrogens is 358 g/mol. The molecule has 2 heterocycles. The van der Waals surface area contributed by atoms with E-state index in [1.54, 1.807) is 0 Å². The number of likely N-dealkylation sites (tertiary alicyclic amines) is 1. The fraction of sp³-hybridized carbons (Fsp3) is 0.647. The van der Waals surface area contributed by atoms with Crippen LogP contribution in [0.25, 0.3) is 0 Å². The van der Waals surface area contributed by atoms with Gasteiger partial charge in [-0.15, -0.1) is 0 Å². The molecule has 1 aliphatic heterocycles. The van der Waals surface area contributed by atoms with Crippen LogP contribution in [0.3, 0.4) is 0 Å². The van der Waals surface area contributed by atoms with Gasteiger partial charge in [-0.25, -0.2) is 9.78 Å². The van der Waals surface area contributed by atoms with Crippen LogP contribution < -0.4 is 0 Å². The summed E-state index contributed by atoms with van der Waals surface area (Å²) in [4.78, 5) is 20.6. The minimum atomic E-state index is -0.445. The average Bonchev–Trinajstić information content (AvgIpc) is 2.48. The van der Waals surface area contributed by atoms with Gasteiger partial charge in [-0.3, -0.25) is 4.90 Å². The molecule has 5 nitrogen and oxygen atoms in total. The first-order valence-corrected chi connectivity index (χ1v) is 8.82. The van der Waals surface area contributed by atoms with Gasteiger partial charge in [0, 0.05) is 31.9 Å². The first-order valence-electron chi connectivity index (χ1n) is 8.03. The van der Waals surface area contributed by atoms with E-state index in [1.165, 1.54) is 5.56 Å². The number of rotatable bonds is 3. The van der Waals surface area contributed by atoms with Crippen LogP contribution in [0.1, 0.15) is 39.2 Å². The van der Waals surface area contributed by atoms with Crippen molar-refractivity contribution in [2.45, 2.75) is 51.8 Å². The third-order valence-electron chi connectivity index (χ3n) is 3.89. The number of carbonyl (C=O) groups is 1. The molecule has 0 aliphatic carbocycles. The molecule has 0 spiro atoms. The monoisotopic (exact) mass is 383 g/mol. The summed E-state index contributed by atoms with van der Waals surface area (Å²) in [6, 6.07) is 4.37. The first-order chi connectivity index (χ1) is 10.7. The van der Waals surface area contributed by atoms with Gasteiger partial charge in [0.15, 0.2) is 0 Å². The molecule has 1 aromatic heterocycles. The quantitative estimate of drug-likeness (QED) is 0.746. The predicted molar refractivity (Wildman–Crippen MR) is 94.2 cm³/mol. The fourth-order valence-corrected chi connectivity index (χ4v) is 2.96. The number of hydrogen-bond acceptors (Lipinski definition) is 4. The highest BCUT2D eigenvalue weighted by atomic mass is 79.9. The first kappa shape index (κ1) is 18.2. The van der Waals surface area contributed by atoms with Crippen LogP contribution in [0.4, 0.5) is 4.79 Å². The van der Waals surface area contributed by atoms with Crippen LogP contribution >= 0.6 is 15.9 Å². The zero-order valence-electron chi connectivity index (χ0n) is 14.4. The van der Waals surface area contributed by atoms with Crippen LogP contribution in [0.2, 0.25) is 0 Å².